The standard InChI is InChI=1S/C20H24N2O2/c23-18-9-17(19(24)22(18)16-4-2-1-3-5-16)21-20-10-13-6-14(11-20)8-15(7-13)12-20/h1-5,9,13-15,21,23-24H,6-8,10-12H2. The number of rotatable bonds is 3. The minimum atomic E-state index is 0.0749. The summed E-state index contributed by atoms with van der Waals surface area (Å²) in [4.78, 5) is 0. The number of nitrogens with zero attached hydrogens (tertiary/aromatic N) is 1. The predicted octanol–water partition coefficient (Wildman–Crippen LogP) is 4.27. The first-order valence-electron chi connectivity index (χ1n) is 9.09. The molecule has 4 aliphatic carbocycles. The molecule has 0 radical (unpaired) electrons. The molecule has 0 spiro atoms. The van der Waals surface area contributed by atoms with Crippen LogP contribution in [0, 0.1) is 17.8 Å². The van der Waals surface area contributed by atoms with Crippen molar-refractivity contribution >= 4 is 5.69 Å². The van der Waals surface area contributed by atoms with Gasteiger partial charge in [0.25, 0.3) is 0 Å². The molecule has 4 heteroatoms. The third-order valence-corrected chi connectivity index (χ3v) is 6.41. The first-order chi connectivity index (χ1) is 11.6. The van der Waals surface area contributed by atoms with Crippen molar-refractivity contribution in [3.05, 3.63) is 36.4 Å². The first-order valence-corrected chi connectivity index (χ1v) is 9.09. The number of hydrogen-bond donors (Lipinski definition) is 3. The molecule has 4 fully saturated rings. The summed E-state index contributed by atoms with van der Waals surface area (Å²) in [7, 11) is 0. The molecule has 6 rings (SSSR count). The van der Waals surface area contributed by atoms with E-state index in [2.05, 4.69) is 5.32 Å². The number of para-hydroxylation sites is 1. The van der Waals surface area contributed by atoms with Gasteiger partial charge in [0.2, 0.25) is 11.8 Å². The molecule has 0 aliphatic heterocycles. The van der Waals surface area contributed by atoms with Crippen LogP contribution >= 0.6 is 0 Å². The van der Waals surface area contributed by atoms with Gasteiger partial charge in [-0.15, -0.1) is 0 Å². The third-order valence-electron chi connectivity index (χ3n) is 6.41. The molecule has 4 nitrogen and oxygen atoms in total. The molecule has 126 valence electrons. The lowest BCUT2D eigenvalue weighted by Gasteiger charge is -2.57. The molecule has 4 saturated carbocycles. The van der Waals surface area contributed by atoms with E-state index in [-0.39, 0.29) is 17.3 Å². The third kappa shape index (κ3) is 2.12. The van der Waals surface area contributed by atoms with Crippen LogP contribution in [0.2, 0.25) is 0 Å². The highest BCUT2D eigenvalue weighted by Gasteiger charge is 2.51. The highest BCUT2D eigenvalue weighted by atomic mass is 16.3. The number of hydrogen-bond acceptors (Lipinski definition) is 3. The molecule has 1 aromatic heterocycles. The fourth-order valence-electron chi connectivity index (χ4n) is 5.96. The normalized spacial score (nSPS) is 33.8. The van der Waals surface area contributed by atoms with Crippen LogP contribution in [-0.4, -0.2) is 20.3 Å². The molecular formula is C20H24N2O2. The van der Waals surface area contributed by atoms with Crippen molar-refractivity contribution in [2.24, 2.45) is 17.8 Å². The fraction of sp³-hybridized carbons (Fsp3) is 0.500. The molecule has 3 N–H and O–H groups in total. The summed E-state index contributed by atoms with van der Waals surface area (Å²) in [6.45, 7) is 0. The first kappa shape index (κ1) is 14.3. The number of aromatic hydroxyl groups is 2. The highest BCUT2D eigenvalue weighted by molar-refractivity contribution is 5.62. The van der Waals surface area contributed by atoms with Crippen LogP contribution < -0.4 is 5.32 Å². The number of anilines is 1. The Morgan fingerprint density at radius 3 is 2.08 bits per heavy atom. The van der Waals surface area contributed by atoms with Gasteiger partial charge < -0.3 is 15.5 Å². The van der Waals surface area contributed by atoms with Gasteiger partial charge in [0, 0.05) is 11.6 Å². The zero-order chi connectivity index (χ0) is 16.3. The van der Waals surface area contributed by atoms with Crippen LogP contribution in [0.25, 0.3) is 5.69 Å². The average Bonchev–Trinajstić information content (AvgIpc) is 2.80. The zero-order valence-electron chi connectivity index (χ0n) is 13.8. The predicted molar refractivity (Wildman–Crippen MR) is 93.6 cm³/mol. The van der Waals surface area contributed by atoms with Crippen molar-refractivity contribution in [3.63, 3.8) is 0 Å². The van der Waals surface area contributed by atoms with Crippen LogP contribution in [0.4, 0.5) is 5.69 Å². The van der Waals surface area contributed by atoms with E-state index in [1.165, 1.54) is 43.1 Å². The Labute approximate surface area is 142 Å². The van der Waals surface area contributed by atoms with E-state index in [9.17, 15) is 10.2 Å². The van der Waals surface area contributed by atoms with Crippen molar-refractivity contribution in [1.29, 1.82) is 0 Å². The number of benzene rings is 1. The number of nitrogens with one attached hydrogen (secondary N) is 1. The van der Waals surface area contributed by atoms with Crippen LogP contribution in [0.5, 0.6) is 11.8 Å². The van der Waals surface area contributed by atoms with Crippen molar-refractivity contribution in [1.82, 2.24) is 4.57 Å². The van der Waals surface area contributed by atoms with Crippen LogP contribution in [0.1, 0.15) is 38.5 Å². The Kier molecular flexibility index (Phi) is 2.94. The molecular weight excluding hydrogens is 300 g/mol. The monoisotopic (exact) mass is 324 g/mol. The molecule has 24 heavy (non-hydrogen) atoms. The Balaban J connectivity index is 1.48. The van der Waals surface area contributed by atoms with E-state index in [0.29, 0.717) is 5.69 Å². The second-order valence-electron chi connectivity index (χ2n) is 8.23. The van der Waals surface area contributed by atoms with E-state index in [1.807, 2.05) is 30.3 Å². The summed E-state index contributed by atoms with van der Waals surface area (Å²) < 4.78 is 1.50. The Bertz CT molecular complexity index is 730. The minimum Gasteiger partial charge on any atom is -0.494 e. The summed E-state index contributed by atoms with van der Waals surface area (Å²) in [6.07, 6.45) is 7.79. The van der Waals surface area contributed by atoms with Crippen LogP contribution in [-0.2, 0) is 0 Å². The van der Waals surface area contributed by atoms with E-state index < -0.39 is 0 Å². The van der Waals surface area contributed by atoms with Gasteiger partial charge in [-0.2, -0.15) is 0 Å². The minimum absolute atomic E-state index is 0.0749. The summed E-state index contributed by atoms with van der Waals surface area (Å²) in [5, 5.41) is 24.7. The molecule has 1 aromatic carbocycles. The summed E-state index contributed by atoms with van der Waals surface area (Å²) in [5.41, 5.74) is 1.55. The fourth-order valence-corrected chi connectivity index (χ4v) is 5.96. The SMILES string of the molecule is Oc1cc(NC23CC4CC(CC(C4)C2)C3)c(O)n1-c1ccccc1. The average molecular weight is 324 g/mol. The molecule has 4 bridgehead atoms. The van der Waals surface area contributed by atoms with Gasteiger partial charge in [-0.3, -0.25) is 0 Å². The van der Waals surface area contributed by atoms with Crippen LogP contribution in [0.15, 0.2) is 36.4 Å². The van der Waals surface area contributed by atoms with Crippen molar-refractivity contribution < 1.29 is 10.2 Å². The van der Waals surface area contributed by atoms with Gasteiger partial charge in [-0.05, 0) is 68.4 Å². The molecule has 0 unspecified atom stereocenters. The van der Waals surface area contributed by atoms with Crippen molar-refractivity contribution in [2.45, 2.75) is 44.1 Å². The Morgan fingerprint density at radius 2 is 1.50 bits per heavy atom. The number of aromatic nitrogens is 1. The van der Waals surface area contributed by atoms with Crippen molar-refractivity contribution in [2.75, 3.05) is 5.32 Å². The van der Waals surface area contributed by atoms with E-state index in [1.54, 1.807) is 6.07 Å². The lowest BCUT2D eigenvalue weighted by atomic mass is 9.53. The smallest absolute Gasteiger partial charge is 0.222 e. The van der Waals surface area contributed by atoms with E-state index in [4.69, 9.17) is 0 Å². The van der Waals surface area contributed by atoms with Gasteiger partial charge in [0.15, 0.2) is 0 Å². The van der Waals surface area contributed by atoms with Gasteiger partial charge in [0.1, 0.15) is 5.69 Å². The molecule has 0 saturated heterocycles. The van der Waals surface area contributed by atoms with Gasteiger partial charge >= 0.3 is 0 Å². The van der Waals surface area contributed by atoms with Gasteiger partial charge in [0.05, 0.1) is 5.69 Å². The van der Waals surface area contributed by atoms with Gasteiger partial charge in [-0.25, -0.2) is 4.57 Å². The topological polar surface area (TPSA) is 57.4 Å². The lowest BCUT2D eigenvalue weighted by Crippen LogP contribution is -2.54. The zero-order valence-corrected chi connectivity index (χ0v) is 13.8. The molecule has 1 heterocycles. The summed E-state index contributed by atoms with van der Waals surface area (Å²) in [5.74, 6) is 2.71. The highest BCUT2D eigenvalue weighted by Crippen LogP contribution is 2.57. The molecule has 2 aromatic rings. The van der Waals surface area contributed by atoms with Gasteiger partial charge in [-0.1, -0.05) is 18.2 Å². The maximum atomic E-state index is 10.7. The second kappa shape index (κ2) is 4.95. The maximum Gasteiger partial charge on any atom is 0.222 e. The van der Waals surface area contributed by atoms with E-state index in [0.717, 1.165) is 23.4 Å². The molecule has 0 atom stereocenters. The molecule has 0 amide bonds. The lowest BCUT2D eigenvalue weighted by molar-refractivity contribution is 0.0106. The summed E-state index contributed by atoms with van der Waals surface area (Å²) in [6, 6.07) is 11.2. The van der Waals surface area contributed by atoms with E-state index >= 15 is 0 Å². The van der Waals surface area contributed by atoms with Crippen LogP contribution in [0.3, 0.4) is 0 Å². The second-order valence-corrected chi connectivity index (χ2v) is 8.23. The quantitative estimate of drug-likeness (QED) is 0.790. The Hall–Kier alpha value is -2.10. The van der Waals surface area contributed by atoms with Crippen molar-refractivity contribution in [3.8, 4) is 17.4 Å². The maximum absolute atomic E-state index is 10.7. The summed E-state index contributed by atoms with van der Waals surface area (Å²) >= 11 is 0. The Morgan fingerprint density at radius 1 is 0.917 bits per heavy atom. The molecule has 4 aliphatic rings. The largest absolute Gasteiger partial charge is 0.494 e.